The maximum atomic E-state index is 13.5. The highest BCUT2D eigenvalue weighted by Gasteiger charge is 2.21. The molecule has 4 nitrogen and oxygen atoms in total. The fourth-order valence-corrected chi connectivity index (χ4v) is 3.59. The normalized spacial score (nSPS) is 18.0. The molecule has 0 aliphatic heterocycles. The molecular weight excluding hydrogens is 338 g/mol. The third kappa shape index (κ3) is 3.34. The molecular formula is C20H20F2N2O2. The van der Waals surface area contributed by atoms with Crippen molar-refractivity contribution in [2.24, 2.45) is 0 Å². The molecule has 1 aliphatic carbocycles. The lowest BCUT2D eigenvalue weighted by Crippen LogP contribution is -2.24. The predicted octanol–water partition coefficient (Wildman–Crippen LogP) is 3.77. The molecule has 136 valence electrons. The lowest BCUT2D eigenvalue weighted by atomic mass is 9.89. The Morgan fingerprint density at radius 1 is 1.23 bits per heavy atom. The number of halogens is 2. The molecule has 6 heteroatoms. The summed E-state index contributed by atoms with van der Waals surface area (Å²) in [6.45, 7) is 0.373. The first kappa shape index (κ1) is 17.1. The van der Waals surface area contributed by atoms with Gasteiger partial charge in [-0.25, -0.2) is 13.8 Å². The maximum absolute atomic E-state index is 13.5. The number of hydrogen-bond donors (Lipinski definition) is 1. The Morgan fingerprint density at radius 2 is 2.04 bits per heavy atom. The van der Waals surface area contributed by atoms with Crippen molar-refractivity contribution in [3.05, 3.63) is 65.5 Å². The quantitative estimate of drug-likeness (QED) is 0.755. The Hall–Kier alpha value is -2.31. The van der Waals surface area contributed by atoms with Crippen LogP contribution in [0.2, 0.25) is 0 Å². The van der Waals surface area contributed by atoms with Crippen molar-refractivity contribution in [1.29, 1.82) is 0 Å². The molecule has 0 spiro atoms. The van der Waals surface area contributed by atoms with Gasteiger partial charge >= 0.3 is 0 Å². The largest absolute Gasteiger partial charge is 0.389 e. The van der Waals surface area contributed by atoms with E-state index in [1.54, 1.807) is 4.57 Å². The van der Waals surface area contributed by atoms with Crippen LogP contribution in [0.25, 0.3) is 11.0 Å². The summed E-state index contributed by atoms with van der Waals surface area (Å²) >= 11 is 0. The zero-order chi connectivity index (χ0) is 18.1. The number of imidazole rings is 1. The Kier molecular flexibility index (Phi) is 4.70. The van der Waals surface area contributed by atoms with Crippen LogP contribution in [0.15, 0.2) is 42.7 Å². The highest BCUT2D eigenvalue weighted by atomic mass is 19.2. The fraction of sp³-hybridized carbons (Fsp3) is 0.350. The molecule has 1 heterocycles. The molecule has 4 rings (SSSR count). The number of ether oxygens (including phenoxy) is 1. The van der Waals surface area contributed by atoms with Gasteiger partial charge in [-0.2, -0.15) is 0 Å². The van der Waals surface area contributed by atoms with Gasteiger partial charge in [0, 0.05) is 12.1 Å². The standard InChI is InChI=1S/C20H20F2N2O2/c21-16-8-18-19(9-17(16)22)24(12-23-18)10-14(25)11-26-20-7-3-5-13-4-1-2-6-15(13)20/h1-2,4,6,8-9,12,14,20,25H,3,5,7,10-11H2/t14-,20-/m1/s1. The Labute approximate surface area is 150 Å². The van der Waals surface area contributed by atoms with E-state index in [0.717, 1.165) is 31.4 Å². The summed E-state index contributed by atoms with van der Waals surface area (Å²) in [6.07, 6.45) is 3.75. The maximum Gasteiger partial charge on any atom is 0.161 e. The monoisotopic (exact) mass is 358 g/mol. The topological polar surface area (TPSA) is 47.3 Å². The highest BCUT2D eigenvalue weighted by Crippen LogP contribution is 2.32. The summed E-state index contributed by atoms with van der Waals surface area (Å²) < 4.78 is 34.3. The fourth-order valence-electron chi connectivity index (χ4n) is 3.59. The molecule has 0 unspecified atom stereocenters. The number of aliphatic hydroxyl groups is 1. The molecule has 0 fully saturated rings. The van der Waals surface area contributed by atoms with E-state index in [4.69, 9.17) is 4.74 Å². The van der Waals surface area contributed by atoms with Gasteiger partial charge < -0.3 is 14.4 Å². The van der Waals surface area contributed by atoms with E-state index in [2.05, 4.69) is 17.1 Å². The van der Waals surface area contributed by atoms with Crippen molar-refractivity contribution < 1.29 is 18.6 Å². The second-order valence-electron chi connectivity index (χ2n) is 6.72. The molecule has 0 saturated carbocycles. The summed E-state index contributed by atoms with van der Waals surface area (Å²) in [7, 11) is 0. The lowest BCUT2D eigenvalue weighted by molar-refractivity contribution is -0.0222. The van der Waals surface area contributed by atoms with Gasteiger partial charge in [-0.15, -0.1) is 0 Å². The summed E-state index contributed by atoms with van der Waals surface area (Å²) in [5, 5.41) is 10.3. The molecule has 0 saturated heterocycles. The second-order valence-corrected chi connectivity index (χ2v) is 6.72. The van der Waals surface area contributed by atoms with E-state index < -0.39 is 17.7 Å². The SMILES string of the molecule is O[C@@H](CO[C@@H]1CCCc2ccccc21)Cn1cnc2cc(F)c(F)cc21. The van der Waals surface area contributed by atoms with Gasteiger partial charge in [-0.1, -0.05) is 24.3 Å². The summed E-state index contributed by atoms with van der Waals surface area (Å²) in [6, 6.07) is 10.4. The molecule has 26 heavy (non-hydrogen) atoms. The van der Waals surface area contributed by atoms with Crippen LogP contribution in [0, 0.1) is 11.6 Å². The van der Waals surface area contributed by atoms with Gasteiger partial charge in [0.15, 0.2) is 11.6 Å². The number of hydrogen-bond acceptors (Lipinski definition) is 3. The van der Waals surface area contributed by atoms with Crippen LogP contribution in [-0.4, -0.2) is 27.4 Å². The van der Waals surface area contributed by atoms with Crippen LogP contribution in [0.5, 0.6) is 0 Å². The molecule has 3 aromatic rings. The number of aryl methyl sites for hydroxylation is 1. The summed E-state index contributed by atoms with van der Waals surface area (Å²) in [5.74, 6) is -1.86. The van der Waals surface area contributed by atoms with Crippen molar-refractivity contribution in [1.82, 2.24) is 9.55 Å². The minimum Gasteiger partial charge on any atom is -0.389 e. The average Bonchev–Trinajstić information content (AvgIpc) is 3.02. The molecule has 0 radical (unpaired) electrons. The zero-order valence-corrected chi connectivity index (χ0v) is 14.2. The summed E-state index contributed by atoms with van der Waals surface area (Å²) in [4.78, 5) is 4.06. The summed E-state index contributed by atoms with van der Waals surface area (Å²) in [5.41, 5.74) is 3.30. The molecule has 1 N–H and O–H groups in total. The van der Waals surface area contributed by atoms with E-state index in [9.17, 15) is 13.9 Å². The molecule has 1 aromatic heterocycles. The average molecular weight is 358 g/mol. The van der Waals surface area contributed by atoms with Crippen LogP contribution >= 0.6 is 0 Å². The first-order valence-electron chi connectivity index (χ1n) is 8.79. The van der Waals surface area contributed by atoms with Gasteiger partial charge in [0.1, 0.15) is 0 Å². The number of aromatic nitrogens is 2. The van der Waals surface area contributed by atoms with Crippen molar-refractivity contribution in [3.8, 4) is 0 Å². The number of benzene rings is 2. The van der Waals surface area contributed by atoms with Gasteiger partial charge in [-0.3, -0.25) is 0 Å². The molecule has 2 atom stereocenters. The van der Waals surface area contributed by atoms with Crippen LogP contribution in [0.3, 0.4) is 0 Å². The van der Waals surface area contributed by atoms with Crippen LogP contribution < -0.4 is 0 Å². The highest BCUT2D eigenvalue weighted by molar-refractivity contribution is 5.75. The number of aliphatic hydroxyl groups excluding tert-OH is 1. The van der Waals surface area contributed by atoms with Gasteiger partial charge in [0.25, 0.3) is 0 Å². The number of fused-ring (bicyclic) bond motifs is 2. The van der Waals surface area contributed by atoms with Crippen molar-refractivity contribution in [2.75, 3.05) is 6.61 Å². The van der Waals surface area contributed by atoms with Gasteiger partial charge in [0.2, 0.25) is 0 Å². The van der Waals surface area contributed by atoms with E-state index in [0.29, 0.717) is 11.0 Å². The van der Waals surface area contributed by atoms with E-state index in [-0.39, 0.29) is 19.3 Å². The third-order valence-electron chi connectivity index (χ3n) is 4.87. The first-order valence-corrected chi connectivity index (χ1v) is 8.79. The zero-order valence-electron chi connectivity index (χ0n) is 14.2. The first-order chi connectivity index (χ1) is 12.6. The van der Waals surface area contributed by atoms with Gasteiger partial charge in [0.05, 0.1) is 42.7 Å². The Balaban J connectivity index is 1.42. The Bertz CT molecular complexity index is 925. The van der Waals surface area contributed by atoms with E-state index >= 15 is 0 Å². The predicted molar refractivity (Wildman–Crippen MR) is 93.7 cm³/mol. The lowest BCUT2D eigenvalue weighted by Gasteiger charge is -2.26. The van der Waals surface area contributed by atoms with Crippen molar-refractivity contribution in [2.45, 2.75) is 38.0 Å². The van der Waals surface area contributed by atoms with E-state index in [1.807, 2.05) is 12.1 Å². The molecule has 0 amide bonds. The van der Waals surface area contributed by atoms with Crippen LogP contribution in [0.1, 0.15) is 30.1 Å². The van der Waals surface area contributed by atoms with Crippen LogP contribution in [-0.2, 0) is 17.7 Å². The molecule has 0 bridgehead atoms. The van der Waals surface area contributed by atoms with E-state index in [1.165, 1.54) is 17.5 Å². The third-order valence-corrected chi connectivity index (χ3v) is 4.87. The number of rotatable bonds is 5. The Morgan fingerprint density at radius 3 is 2.92 bits per heavy atom. The second kappa shape index (κ2) is 7.13. The number of nitrogens with zero attached hydrogens (tertiary/aromatic N) is 2. The minimum atomic E-state index is -0.928. The van der Waals surface area contributed by atoms with Crippen LogP contribution in [0.4, 0.5) is 8.78 Å². The molecule has 2 aromatic carbocycles. The minimum absolute atomic E-state index is 0.0133. The van der Waals surface area contributed by atoms with Crippen molar-refractivity contribution in [3.63, 3.8) is 0 Å². The molecule has 1 aliphatic rings. The van der Waals surface area contributed by atoms with Gasteiger partial charge in [-0.05, 0) is 30.4 Å². The smallest absolute Gasteiger partial charge is 0.161 e. The van der Waals surface area contributed by atoms with Crippen molar-refractivity contribution >= 4 is 11.0 Å².